The number of carbonyl (C=O) groups excluding carboxylic acids is 1. The number of rotatable bonds is 11. The van der Waals surface area contributed by atoms with E-state index in [4.69, 9.17) is 9.16 Å². The van der Waals surface area contributed by atoms with E-state index in [0.29, 0.717) is 13.0 Å². The molecule has 2 atom stereocenters. The van der Waals surface area contributed by atoms with Crippen LogP contribution in [0.5, 0.6) is 0 Å². The summed E-state index contributed by atoms with van der Waals surface area (Å²) >= 11 is 0. The Labute approximate surface area is 170 Å². The fraction of sp³-hybridized carbons (Fsp3) is 0.667. The number of ether oxygens (including phenoxy) is 1. The number of nitrogens with one attached hydrogen (secondary N) is 1. The number of aliphatic hydroxyl groups excluding tert-OH is 2. The van der Waals surface area contributed by atoms with E-state index in [1.165, 1.54) is 0 Å². The molecule has 1 aromatic rings. The summed E-state index contributed by atoms with van der Waals surface area (Å²) in [6.45, 7) is 11.5. The molecule has 0 aliphatic carbocycles. The fourth-order valence-electron chi connectivity index (χ4n) is 2.41. The van der Waals surface area contributed by atoms with Crippen LogP contribution in [0.2, 0.25) is 18.1 Å². The van der Waals surface area contributed by atoms with Gasteiger partial charge in [-0.1, -0.05) is 51.1 Å². The van der Waals surface area contributed by atoms with Gasteiger partial charge in [-0.25, -0.2) is 4.79 Å². The Morgan fingerprint density at radius 3 is 2.39 bits per heavy atom. The van der Waals surface area contributed by atoms with E-state index in [-0.39, 0.29) is 11.6 Å². The first kappa shape index (κ1) is 24.6. The van der Waals surface area contributed by atoms with Gasteiger partial charge in [0.05, 0.1) is 18.8 Å². The van der Waals surface area contributed by atoms with Crippen molar-refractivity contribution in [2.45, 2.75) is 76.9 Å². The summed E-state index contributed by atoms with van der Waals surface area (Å²) < 4.78 is 11.3. The maximum atomic E-state index is 12.0. The molecule has 3 N–H and O–H groups in total. The van der Waals surface area contributed by atoms with Crippen molar-refractivity contribution in [3.8, 4) is 0 Å². The van der Waals surface area contributed by atoms with Crippen molar-refractivity contribution in [2.24, 2.45) is 0 Å². The van der Waals surface area contributed by atoms with Crippen LogP contribution in [0, 0.1) is 0 Å². The number of benzene rings is 1. The van der Waals surface area contributed by atoms with Gasteiger partial charge < -0.3 is 24.7 Å². The molecule has 0 radical (unpaired) electrons. The Hall–Kier alpha value is -1.41. The lowest BCUT2D eigenvalue weighted by atomic mass is 10.0. The molecular formula is C21H37NO5Si. The molecule has 0 aliphatic heterocycles. The van der Waals surface area contributed by atoms with Gasteiger partial charge in [0.1, 0.15) is 6.61 Å². The van der Waals surface area contributed by atoms with Crippen molar-refractivity contribution >= 4 is 14.4 Å². The van der Waals surface area contributed by atoms with E-state index in [1.54, 1.807) is 0 Å². The van der Waals surface area contributed by atoms with Crippen molar-refractivity contribution in [1.29, 1.82) is 0 Å². The zero-order chi connectivity index (χ0) is 21.2. The second-order valence-electron chi connectivity index (χ2n) is 8.67. The van der Waals surface area contributed by atoms with Crippen LogP contribution in [-0.2, 0) is 15.8 Å². The third-order valence-corrected chi connectivity index (χ3v) is 9.88. The van der Waals surface area contributed by atoms with Gasteiger partial charge in [0.25, 0.3) is 0 Å². The molecular weight excluding hydrogens is 374 g/mol. The lowest BCUT2D eigenvalue weighted by molar-refractivity contribution is 0.0538. The summed E-state index contributed by atoms with van der Waals surface area (Å²) in [6.07, 6.45) is 0.532. The highest BCUT2D eigenvalue weighted by molar-refractivity contribution is 6.74. The van der Waals surface area contributed by atoms with Crippen molar-refractivity contribution < 1.29 is 24.2 Å². The Morgan fingerprint density at radius 1 is 1.18 bits per heavy atom. The lowest BCUT2D eigenvalue weighted by Crippen LogP contribution is -2.45. The van der Waals surface area contributed by atoms with Crippen molar-refractivity contribution in [2.75, 3.05) is 13.2 Å². The molecule has 6 nitrogen and oxygen atoms in total. The zero-order valence-corrected chi connectivity index (χ0v) is 18.9. The van der Waals surface area contributed by atoms with Crippen LogP contribution in [-0.4, -0.2) is 50.0 Å². The van der Waals surface area contributed by atoms with Crippen LogP contribution in [0.25, 0.3) is 0 Å². The Bertz CT molecular complexity index is 574. The van der Waals surface area contributed by atoms with Gasteiger partial charge in [0.15, 0.2) is 8.32 Å². The number of hydrogen-bond donors (Lipinski definition) is 3. The quantitative estimate of drug-likeness (QED) is 0.380. The summed E-state index contributed by atoms with van der Waals surface area (Å²) in [5.41, 5.74) is 0.889. The van der Waals surface area contributed by atoms with E-state index in [9.17, 15) is 15.0 Å². The highest BCUT2D eigenvalue weighted by Gasteiger charge is 2.36. The normalized spacial score (nSPS) is 14.4. The largest absolute Gasteiger partial charge is 0.445 e. The topological polar surface area (TPSA) is 88.0 Å². The fourth-order valence-corrected chi connectivity index (χ4v) is 3.50. The Kier molecular flexibility index (Phi) is 10.2. The predicted molar refractivity (Wildman–Crippen MR) is 114 cm³/mol. The number of hydrogen-bond acceptors (Lipinski definition) is 5. The third-order valence-electron chi connectivity index (χ3n) is 5.35. The van der Waals surface area contributed by atoms with Crippen LogP contribution in [0.15, 0.2) is 30.3 Å². The molecule has 0 fully saturated rings. The van der Waals surface area contributed by atoms with Crippen molar-refractivity contribution in [1.82, 2.24) is 5.32 Å². The van der Waals surface area contributed by atoms with Crippen LogP contribution in [0.4, 0.5) is 4.79 Å². The molecule has 28 heavy (non-hydrogen) atoms. The molecule has 1 rings (SSSR count). The molecule has 0 saturated heterocycles. The first-order valence-corrected chi connectivity index (χ1v) is 12.9. The second-order valence-corrected chi connectivity index (χ2v) is 13.5. The summed E-state index contributed by atoms with van der Waals surface area (Å²) in [4.78, 5) is 12.0. The molecule has 0 aliphatic rings. The zero-order valence-electron chi connectivity index (χ0n) is 17.9. The molecule has 0 heterocycles. The standard InChI is InChI=1S/C21H37NO5Si/c1-21(2,3)28(4,5)27-14-10-9-13-18(19(24)15-23)22-20(25)26-16-17-11-7-6-8-12-17/h6-8,11-12,18-19,23-24H,9-10,13-16H2,1-5H3,(H,22,25)/t18-,19+/m0/s1. The average molecular weight is 412 g/mol. The van der Waals surface area contributed by atoms with Crippen LogP contribution in [0.1, 0.15) is 45.6 Å². The maximum absolute atomic E-state index is 12.0. The monoisotopic (exact) mass is 411 g/mol. The minimum atomic E-state index is -1.76. The summed E-state index contributed by atoms with van der Waals surface area (Å²) in [5.74, 6) is 0. The lowest BCUT2D eigenvalue weighted by Gasteiger charge is -2.36. The number of carbonyl (C=O) groups is 1. The van der Waals surface area contributed by atoms with Crippen molar-refractivity contribution in [3.63, 3.8) is 0 Å². The molecule has 0 saturated carbocycles. The number of alkyl carbamates (subject to hydrolysis) is 1. The van der Waals surface area contributed by atoms with Gasteiger partial charge in [-0.2, -0.15) is 0 Å². The smallest absolute Gasteiger partial charge is 0.407 e. The van der Waals surface area contributed by atoms with Gasteiger partial charge in [-0.05, 0) is 43.0 Å². The van der Waals surface area contributed by atoms with Crippen LogP contribution >= 0.6 is 0 Å². The Balaban J connectivity index is 2.39. The number of aliphatic hydroxyl groups is 2. The SMILES string of the molecule is CC(C)(C)[Si](C)(C)OCCCC[C@H](NC(=O)OCc1ccccc1)[C@H](O)CO. The molecule has 0 unspecified atom stereocenters. The number of unbranched alkanes of at least 4 members (excludes halogenated alkanes) is 1. The average Bonchev–Trinajstić information content (AvgIpc) is 2.64. The molecule has 1 amide bonds. The van der Waals surface area contributed by atoms with E-state index < -0.39 is 33.2 Å². The van der Waals surface area contributed by atoms with Crippen molar-refractivity contribution in [3.05, 3.63) is 35.9 Å². The van der Waals surface area contributed by atoms with E-state index in [0.717, 1.165) is 18.4 Å². The minimum absolute atomic E-state index is 0.162. The molecule has 1 aromatic carbocycles. The van der Waals surface area contributed by atoms with Crippen LogP contribution in [0.3, 0.4) is 0 Å². The highest BCUT2D eigenvalue weighted by atomic mass is 28.4. The van der Waals surface area contributed by atoms with E-state index >= 15 is 0 Å². The molecule has 0 aromatic heterocycles. The van der Waals surface area contributed by atoms with Crippen LogP contribution < -0.4 is 5.32 Å². The number of amides is 1. The van der Waals surface area contributed by atoms with Gasteiger partial charge in [-0.3, -0.25) is 0 Å². The molecule has 0 bridgehead atoms. The third kappa shape index (κ3) is 8.73. The van der Waals surface area contributed by atoms with E-state index in [1.807, 2.05) is 30.3 Å². The first-order valence-electron chi connectivity index (χ1n) is 9.97. The van der Waals surface area contributed by atoms with Gasteiger partial charge >= 0.3 is 6.09 Å². The molecule has 7 heteroatoms. The summed E-state index contributed by atoms with van der Waals surface area (Å²) in [6, 6.07) is 8.83. The maximum Gasteiger partial charge on any atom is 0.407 e. The Morgan fingerprint density at radius 2 is 1.82 bits per heavy atom. The van der Waals surface area contributed by atoms with Gasteiger partial charge in [0.2, 0.25) is 0 Å². The molecule has 160 valence electrons. The highest BCUT2D eigenvalue weighted by Crippen LogP contribution is 2.36. The molecule has 0 spiro atoms. The minimum Gasteiger partial charge on any atom is -0.445 e. The predicted octanol–water partition coefficient (Wildman–Crippen LogP) is 3.83. The summed E-state index contributed by atoms with van der Waals surface area (Å²) in [5, 5.41) is 22.1. The van der Waals surface area contributed by atoms with E-state index in [2.05, 4.69) is 39.2 Å². The van der Waals surface area contributed by atoms with Gasteiger partial charge in [-0.15, -0.1) is 0 Å². The first-order chi connectivity index (χ1) is 13.1. The summed E-state index contributed by atoms with van der Waals surface area (Å²) in [7, 11) is -1.76. The second kappa shape index (κ2) is 11.6. The van der Waals surface area contributed by atoms with Gasteiger partial charge in [0, 0.05) is 6.61 Å².